The van der Waals surface area contributed by atoms with Gasteiger partial charge < -0.3 is 10.1 Å². The summed E-state index contributed by atoms with van der Waals surface area (Å²) >= 11 is 0. The number of piperidine rings is 1. The van der Waals surface area contributed by atoms with Crippen LogP contribution in [0.4, 0.5) is 0 Å². The normalized spacial score (nSPS) is 20.6. The first-order valence-electron chi connectivity index (χ1n) is 6.37. The van der Waals surface area contributed by atoms with Crippen LogP contribution in [0.15, 0.2) is 0 Å². The highest BCUT2D eigenvalue weighted by atomic mass is 16.5. The highest BCUT2D eigenvalue weighted by Gasteiger charge is 2.11. The van der Waals surface area contributed by atoms with Crippen molar-refractivity contribution in [2.75, 3.05) is 39.3 Å². The predicted molar refractivity (Wildman–Crippen MR) is 67.4 cm³/mol. The predicted octanol–water partition coefficient (Wildman–Crippen LogP) is 1.10. The van der Waals surface area contributed by atoms with Gasteiger partial charge in [0, 0.05) is 6.54 Å². The zero-order valence-electron chi connectivity index (χ0n) is 10.6. The van der Waals surface area contributed by atoms with Gasteiger partial charge in [-0.05, 0) is 32.5 Å². The number of hydrogen-bond acceptors (Lipinski definition) is 3. The smallest absolute Gasteiger partial charge is 0.108 e. The maximum Gasteiger partial charge on any atom is 0.108 e. The van der Waals surface area contributed by atoms with Crippen molar-refractivity contribution in [3.8, 4) is 11.8 Å². The lowest BCUT2D eigenvalue weighted by Crippen LogP contribution is -2.35. The molecule has 0 bridgehead atoms. The minimum absolute atomic E-state index is 0.372. The zero-order valence-corrected chi connectivity index (χ0v) is 10.6. The number of ether oxygens (including phenoxy) is 1. The molecule has 3 heteroatoms. The summed E-state index contributed by atoms with van der Waals surface area (Å²) in [7, 11) is 0. The van der Waals surface area contributed by atoms with Gasteiger partial charge in [0.2, 0.25) is 0 Å². The summed E-state index contributed by atoms with van der Waals surface area (Å²) in [5.74, 6) is 6.25. The van der Waals surface area contributed by atoms with Crippen LogP contribution in [0.2, 0.25) is 0 Å². The topological polar surface area (TPSA) is 24.5 Å². The van der Waals surface area contributed by atoms with Crippen LogP contribution in [0.25, 0.3) is 0 Å². The van der Waals surface area contributed by atoms with Crippen molar-refractivity contribution in [2.24, 2.45) is 0 Å². The van der Waals surface area contributed by atoms with E-state index in [0.29, 0.717) is 12.7 Å². The van der Waals surface area contributed by atoms with Crippen molar-refractivity contribution in [1.82, 2.24) is 10.2 Å². The Morgan fingerprint density at radius 3 is 2.75 bits per heavy atom. The van der Waals surface area contributed by atoms with Crippen LogP contribution in [-0.2, 0) is 4.74 Å². The average molecular weight is 224 g/mol. The summed E-state index contributed by atoms with van der Waals surface area (Å²) in [5, 5.41) is 3.33. The molecule has 1 saturated heterocycles. The third kappa shape index (κ3) is 5.50. The van der Waals surface area contributed by atoms with Gasteiger partial charge in [-0.15, -0.1) is 0 Å². The van der Waals surface area contributed by atoms with E-state index < -0.39 is 0 Å². The third-order valence-electron chi connectivity index (χ3n) is 2.96. The van der Waals surface area contributed by atoms with E-state index in [1.807, 2.05) is 0 Å². The van der Waals surface area contributed by atoms with E-state index in [1.165, 1.54) is 12.8 Å². The second-order valence-electron chi connectivity index (χ2n) is 4.09. The lowest BCUT2D eigenvalue weighted by atomic mass is 10.1. The van der Waals surface area contributed by atoms with Crippen molar-refractivity contribution in [1.29, 1.82) is 0 Å². The number of nitrogens with zero attached hydrogens (tertiary/aromatic N) is 1. The molecule has 1 aliphatic heterocycles. The van der Waals surface area contributed by atoms with Crippen molar-refractivity contribution >= 4 is 0 Å². The molecule has 1 aliphatic rings. The molecule has 0 amide bonds. The highest BCUT2D eigenvalue weighted by molar-refractivity contribution is 5.01. The summed E-state index contributed by atoms with van der Waals surface area (Å²) in [4.78, 5) is 2.30. The quantitative estimate of drug-likeness (QED) is 0.708. The molecule has 1 unspecified atom stereocenters. The van der Waals surface area contributed by atoms with E-state index in [4.69, 9.17) is 4.74 Å². The van der Waals surface area contributed by atoms with Crippen LogP contribution >= 0.6 is 0 Å². The molecule has 0 aromatic rings. The molecule has 0 aromatic heterocycles. The second-order valence-corrected chi connectivity index (χ2v) is 4.09. The van der Waals surface area contributed by atoms with Gasteiger partial charge >= 0.3 is 0 Å². The molecule has 16 heavy (non-hydrogen) atoms. The molecule has 0 radical (unpaired) electrons. The molecule has 3 nitrogen and oxygen atoms in total. The van der Waals surface area contributed by atoms with Crippen molar-refractivity contribution < 1.29 is 4.74 Å². The molecule has 1 fully saturated rings. The fraction of sp³-hybridized carbons (Fsp3) is 0.846. The molecule has 0 spiro atoms. The molecule has 1 atom stereocenters. The first kappa shape index (κ1) is 13.5. The second kappa shape index (κ2) is 8.58. The summed E-state index contributed by atoms with van der Waals surface area (Å²) in [5.41, 5.74) is 0. The van der Waals surface area contributed by atoms with E-state index in [-0.39, 0.29) is 0 Å². The maximum atomic E-state index is 5.68. The van der Waals surface area contributed by atoms with Gasteiger partial charge in [0.1, 0.15) is 6.61 Å². The first-order valence-corrected chi connectivity index (χ1v) is 6.37. The number of hydrogen-bond donors (Lipinski definition) is 1. The van der Waals surface area contributed by atoms with E-state index in [1.54, 1.807) is 0 Å². The van der Waals surface area contributed by atoms with Crippen LogP contribution in [-0.4, -0.2) is 50.3 Å². The van der Waals surface area contributed by atoms with Gasteiger partial charge in [-0.2, -0.15) is 0 Å². The van der Waals surface area contributed by atoms with E-state index in [0.717, 1.165) is 32.7 Å². The molecular weight excluding hydrogens is 200 g/mol. The van der Waals surface area contributed by atoms with Gasteiger partial charge in [-0.1, -0.05) is 25.7 Å². The SMILES string of the molecule is CCN(CC)CC#CCOC1CCCNC1. The highest BCUT2D eigenvalue weighted by Crippen LogP contribution is 2.04. The van der Waals surface area contributed by atoms with Crippen LogP contribution < -0.4 is 5.32 Å². The van der Waals surface area contributed by atoms with Crippen LogP contribution in [0.3, 0.4) is 0 Å². The van der Waals surface area contributed by atoms with Crippen LogP contribution in [0.5, 0.6) is 0 Å². The molecule has 0 aromatic carbocycles. The molecule has 1 rings (SSSR count). The van der Waals surface area contributed by atoms with Gasteiger partial charge in [-0.25, -0.2) is 0 Å². The fourth-order valence-corrected chi connectivity index (χ4v) is 1.79. The van der Waals surface area contributed by atoms with Gasteiger partial charge in [0.15, 0.2) is 0 Å². The third-order valence-corrected chi connectivity index (χ3v) is 2.96. The first-order chi connectivity index (χ1) is 7.86. The Labute approximate surface area is 99.5 Å². The minimum atomic E-state index is 0.372. The van der Waals surface area contributed by atoms with E-state index in [9.17, 15) is 0 Å². The molecule has 1 N–H and O–H groups in total. The van der Waals surface area contributed by atoms with Gasteiger partial charge in [-0.3, -0.25) is 4.90 Å². The Bertz CT molecular complexity index is 222. The fourth-order valence-electron chi connectivity index (χ4n) is 1.79. The molecule has 0 saturated carbocycles. The monoisotopic (exact) mass is 224 g/mol. The maximum absolute atomic E-state index is 5.68. The Morgan fingerprint density at radius 1 is 1.31 bits per heavy atom. The van der Waals surface area contributed by atoms with Crippen LogP contribution in [0.1, 0.15) is 26.7 Å². The average Bonchev–Trinajstić information content (AvgIpc) is 2.35. The lowest BCUT2D eigenvalue weighted by Gasteiger charge is -2.21. The van der Waals surface area contributed by atoms with Crippen molar-refractivity contribution in [2.45, 2.75) is 32.8 Å². The van der Waals surface area contributed by atoms with E-state index in [2.05, 4.69) is 35.9 Å². The molecule has 0 aliphatic carbocycles. The molecule has 92 valence electrons. The Kier molecular flexibility index (Phi) is 7.24. The van der Waals surface area contributed by atoms with Crippen molar-refractivity contribution in [3.05, 3.63) is 0 Å². The Balaban J connectivity index is 2.07. The largest absolute Gasteiger partial charge is 0.364 e. The molecular formula is C13H24N2O. The van der Waals surface area contributed by atoms with E-state index >= 15 is 0 Å². The summed E-state index contributed by atoms with van der Waals surface area (Å²) in [6, 6.07) is 0. The number of rotatable bonds is 5. The Morgan fingerprint density at radius 2 is 2.12 bits per heavy atom. The minimum Gasteiger partial charge on any atom is -0.364 e. The molecule has 1 heterocycles. The van der Waals surface area contributed by atoms with Crippen molar-refractivity contribution in [3.63, 3.8) is 0 Å². The van der Waals surface area contributed by atoms with Gasteiger partial charge in [0.25, 0.3) is 0 Å². The summed E-state index contributed by atoms with van der Waals surface area (Å²) < 4.78 is 5.68. The van der Waals surface area contributed by atoms with Crippen LogP contribution in [0, 0.1) is 11.8 Å². The summed E-state index contributed by atoms with van der Waals surface area (Å²) in [6.07, 6.45) is 2.76. The number of nitrogens with one attached hydrogen (secondary N) is 1. The Hall–Kier alpha value is -0.560. The lowest BCUT2D eigenvalue weighted by molar-refractivity contribution is 0.0590. The standard InChI is InChI=1S/C13H24N2O/c1-3-15(4-2)10-5-6-11-16-13-8-7-9-14-12-13/h13-14H,3-4,7-12H2,1-2H3. The summed E-state index contributed by atoms with van der Waals surface area (Å²) in [6.45, 7) is 10.0. The van der Waals surface area contributed by atoms with Gasteiger partial charge in [0.05, 0.1) is 12.6 Å². The zero-order chi connectivity index (χ0) is 11.6.